The first-order valence-electron chi connectivity index (χ1n) is 12.4. The Bertz CT molecular complexity index is 2190. The van der Waals surface area contributed by atoms with Crippen LogP contribution in [0.5, 0.6) is 0 Å². The molecule has 0 fully saturated rings. The molecule has 1 aliphatic rings. The topological polar surface area (TPSA) is 254 Å². The van der Waals surface area contributed by atoms with Gasteiger partial charge in [-0.25, -0.2) is 14.3 Å². The van der Waals surface area contributed by atoms with E-state index in [1.165, 1.54) is 36.4 Å². The van der Waals surface area contributed by atoms with Crippen LogP contribution >= 0.6 is 0 Å². The number of aromatic carboxylic acids is 1. The largest absolute Gasteiger partial charge is 0.477 e. The first-order chi connectivity index (χ1) is 20.9. The van der Waals surface area contributed by atoms with Gasteiger partial charge in [0.25, 0.3) is 31.7 Å². The van der Waals surface area contributed by atoms with Crippen LogP contribution in [-0.2, 0) is 29.8 Å². The third-order valence-corrected chi connectivity index (χ3v) is 8.02. The Labute approximate surface area is 254 Å². The predicted octanol–water partition coefficient (Wildman–Crippen LogP) is 1.96. The molecule has 2 aromatic carbocycles. The molecule has 3 aromatic rings. The Morgan fingerprint density at radius 2 is 1.38 bits per heavy atom. The fourth-order valence-electron chi connectivity index (χ4n) is 4.22. The normalized spacial score (nSPS) is 15.0. The van der Waals surface area contributed by atoms with Gasteiger partial charge in [-0.2, -0.15) is 26.9 Å². The number of amides is 1. The first kappa shape index (κ1) is 32.5. The number of hydrogen-bond donors (Lipinski definition) is 5. The number of aromatic amines is 1. The summed E-state index contributed by atoms with van der Waals surface area (Å²) in [5, 5.41) is 25.8. The zero-order chi connectivity index (χ0) is 33.4. The molecule has 0 bridgehead atoms. The Kier molecular flexibility index (Phi) is 8.61. The van der Waals surface area contributed by atoms with Crippen LogP contribution < -0.4 is 10.6 Å². The van der Waals surface area contributed by atoms with Crippen molar-refractivity contribution in [2.24, 2.45) is 5.10 Å². The predicted molar refractivity (Wildman–Crippen MR) is 158 cm³/mol. The molecule has 18 heteroatoms. The molecular weight excluding hydrogens is 636 g/mol. The molecule has 4 rings (SSSR count). The fourth-order valence-corrected chi connectivity index (χ4v) is 5.53. The van der Waals surface area contributed by atoms with Crippen LogP contribution in [-0.4, -0.2) is 69.5 Å². The Morgan fingerprint density at radius 3 is 1.91 bits per heavy atom. The smallest absolute Gasteiger partial charge is 0.357 e. The highest BCUT2D eigenvalue weighted by Crippen LogP contribution is 2.31. The minimum absolute atomic E-state index is 0.333. The number of anilines is 1. The van der Waals surface area contributed by atoms with Crippen molar-refractivity contribution >= 4 is 55.6 Å². The van der Waals surface area contributed by atoms with Gasteiger partial charge in [-0.05, 0) is 61.4 Å². The van der Waals surface area contributed by atoms with E-state index in [0.717, 1.165) is 30.4 Å². The van der Waals surface area contributed by atoms with E-state index in [0.29, 0.717) is 20.8 Å². The van der Waals surface area contributed by atoms with E-state index >= 15 is 0 Å². The molecule has 0 unspecified atom stereocenters. The number of carboxylic acids is 2. The summed E-state index contributed by atoms with van der Waals surface area (Å²) in [5.41, 5.74) is -3.00. The van der Waals surface area contributed by atoms with Crippen LogP contribution in [0.15, 0.2) is 86.0 Å². The second kappa shape index (κ2) is 11.9. The van der Waals surface area contributed by atoms with Crippen molar-refractivity contribution in [3.63, 3.8) is 0 Å². The molecule has 0 aliphatic carbocycles. The van der Waals surface area contributed by atoms with Crippen molar-refractivity contribution in [3.05, 3.63) is 99.0 Å². The summed E-state index contributed by atoms with van der Waals surface area (Å²) in [4.78, 5) is 48.5. The monoisotopic (exact) mass is 658 g/mol. The Morgan fingerprint density at radius 1 is 0.822 bits per heavy atom. The lowest BCUT2D eigenvalue weighted by atomic mass is 10.1. The van der Waals surface area contributed by atoms with Gasteiger partial charge in [0.2, 0.25) is 0 Å². The summed E-state index contributed by atoms with van der Waals surface area (Å²) in [6, 6.07) is 7.24. The van der Waals surface area contributed by atoms with Crippen LogP contribution in [0.1, 0.15) is 27.2 Å². The van der Waals surface area contributed by atoms with E-state index in [-0.39, 0.29) is 11.4 Å². The van der Waals surface area contributed by atoms with Gasteiger partial charge in [0, 0.05) is 0 Å². The number of hydrogen-bond acceptors (Lipinski definition) is 9. The van der Waals surface area contributed by atoms with E-state index in [1.807, 2.05) is 0 Å². The van der Waals surface area contributed by atoms with Crippen LogP contribution in [0, 0.1) is 13.8 Å². The number of allylic oxidation sites excluding steroid dienone is 4. The van der Waals surface area contributed by atoms with Gasteiger partial charge in [-0.1, -0.05) is 30.4 Å². The molecule has 2 heterocycles. The van der Waals surface area contributed by atoms with Crippen molar-refractivity contribution in [2.75, 3.05) is 5.01 Å². The van der Waals surface area contributed by atoms with Crippen LogP contribution in [0.3, 0.4) is 0 Å². The summed E-state index contributed by atoms with van der Waals surface area (Å²) in [7, 11) is -9.63. The van der Waals surface area contributed by atoms with Crippen molar-refractivity contribution in [1.29, 1.82) is 0 Å². The number of rotatable bonds is 9. The molecule has 0 saturated carbocycles. The highest BCUT2D eigenvalue weighted by Gasteiger charge is 2.37. The molecule has 0 atom stereocenters. The lowest BCUT2D eigenvalue weighted by molar-refractivity contribution is -0.129. The molecular formula is C27H22N4O12S2. The second-order valence-electron chi connectivity index (χ2n) is 9.43. The maximum absolute atomic E-state index is 13.1. The third kappa shape index (κ3) is 6.58. The zero-order valence-electron chi connectivity index (χ0n) is 23.1. The van der Waals surface area contributed by atoms with Gasteiger partial charge in [-0.15, -0.1) is 0 Å². The highest BCUT2D eigenvalue weighted by atomic mass is 32.2. The molecule has 16 nitrogen and oxygen atoms in total. The summed E-state index contributed by atoms with van der Waals surface area (Å²) in [5.74, 6) is -4.23. The number of aryl methyl sites for hydroxylation is 2. The molecule has 5 N–H and O–H groups in total. The molecule has 1 aliphatic heterocycles. The van der Waals surface area contributed by atoms with Gasteiger partial charge in [0.1, 0.15) is 9.79 Å². The van der Waals surface area contributed by atoms with Crippen LogP contribution in [0.2, 0.25) is 0 Å². The highest BCUT2D eigenvalue weighted by molar-refractivity contribution is 7.86. The molecule has 0 spiro atoms. The SMILES string of the molecule is Cc1ccc(S(=O)(=O)O)c(N2N=C(C(=O)O)/C(=C/C=C/C=C/c3c(C(=O)O)[nH]n(-c4cc(C)ccc4S(=O)(=O)O)c3=O)C2=O)c1. The summed E-state index contributed by atoms with van der Waals surface area (Å²) in [6.07, 6.45) is 5.62. The lowest BCUT2D eigenvalue weighted by Crippen LogP contribution is -2.24. The molecule has 0 radical (unpaired) electrons. The van der Waals surface area contributed by atoms with Crippen molar-refractivity contribution in [2.45, 2.75) is 23.6 Å². The molecule has 234 valence electrons. The minimum Gasteiger partial charge on any atom is -0.477 e. The summed E-state index contributed by atoms with van der Waals surface area (Å²) < 4.78 is 67.2. The van der Waals surface area contributed by atoms with Gasteiger partial charge < -0.3 is 10.2 Å². The number of carboxylic acid groups (broad SMARTS) is 2. The molecule has 45 heavy (non-hydrogen) atoms. The van der Waals surface area contributed by atoms with E-state index in [9.17, 15) is 55.3 Å². The van der Waals surface area contributed by atoms with E-state index in [2.05, 4.69) is 10.2 Å². The van der Waals surface area contributed by atoms with Crippen LogP contribution in [0.25, 0.3) is 11.8 Å². The van der Waals surface area contributed by atoms with Gasteiger partial charge in [-0.3, -0.25) is 23.8 Å². The van der Waals surface area contributed by atoms with E-state index in [4.69, 9.17) is 0 Å². The fraction of sp³-hybridized carbons (Fsp3) is 0.0741. The van der Waals surface area contributed by atoms with E-state index in [1.54, 1.807) is 13.8 Å². The maximum atomic E-state index is 13.1. The molecule has 1 amide bonds. The van der Waals surface area contributed by atoms with Crippen molar-refractivity contribution in [3.8, 4) is 5.69 Å². The number of hydrazone groups is 1. The van der Waals surface area contributed by atoms with E-state index < -0.39 is 76.0 Å². The first-order valence-corrected chi connectivity index (χ1v) is 15.3. The molecule has 0 saturated heterocycles. The number of aliphatic carboxylic acids is 1. The quantitative estimate of drug-likeness (QED) is 0.126. The third-order valence-electron chi connectivity index (χ3n) is 6.22. The van der Waals surface area contributed by atoms with Gasteiger partial charge in [0.05, 0.1) is 22.5 Å². The number of aromatic nitrogens is 2. The number of H-pyrrole nitrogens is 1. The van der Waals surface area contributed by atoms with Crippen molar-refractivity contribution < 1.29 is 50.5 Å². The minimum atomic E-state index is -4.83. The summed E-state index contributed by atoms with van der Waals surface area (Å²) in [6.45, 7) is 3.14. The second-order valence-corrected chi connectivity index (χ2v) is 12.2. The molecule has 1 aromatic heterocycles. The standard InChI is InChI=1S/C27H22N4O12S2/c1-14-8-10-20(44(38,39)40)18(12-14)30-24(32)16(22(28-30)26(34)35)6-4-3-5-7-17-23(27(36)37)29-31(25(17)33)19-13-15(2)9-11-21(19)45(41,42)43/h3-13,28H,1-2H3,(H,34,35)(H,36,37)(H,38,39,40)(H,41,42,43)/b5-3+,6-4+,17-7-. The number of nitrogens with zero attached hydrogens (tertiary/aromatic N) is 3. The van der Waals surface area contributed by atoms with Crippen LogP contribution in [0.4, 0.5) is 5.69 Å². The van der Waals surface area contributed by atoms with Gasteiger partial charge >= 0.3 is 11.9 Å². The number of carbonyl (C=O) groups is 3. The Hall–Kier alpha value is -5.43. The maximum Gasteiger partial charge on any atom is 0.357 e. The average Bonchev–Trinajstić information content (AvgIpc) is 3.43. The lowest BCUT2D eigenvalue weighted by Gasteiger charge is -2.15. The van der Waals surface area contributed by atoms with Gasteiger partial charge in [0.15, 0.2) is 11.4 Å². The number of carbonyl (C=O) groups excluding carboxylic acids is 1. The number of nitrogens with one attached hydrogen (secondary N) is 1. The zero-order valence-corrected chi connectivity index (χ0v) is 24.7. The average molecular weight is 659 g/mol. The van der Waals surface area contributed by atoms with Crippen molar-refractivity contribution in [1.82, 2.24) is 9.78 Å². The Balaban J connectivity index is 1.71. The number of benzene rings is 2. The summed E-state index contributed by atoms with van der Waals surface area (Å²) >= 11 is 0.